The topological polar surface area (TPSA) is 54.4 Å². The van der Waals surface area contributed by atoms with Crippen LogP contribution in [-0.2, 0) is 4.79 Å². The number of carboxylic acids is 1. The molecule has 0 amide bonds. The molecule has 0 fully saturated rings. The molecule has 0 saturated carbocycles. The van der Waals surface area contributed by atoms with Crippen LogP contribution in [0.25, 0.3) is 0 Å². The van der Waals surface area contributed by atoms with Crippen LogP contribution in [0.4, 0.5) is 0 Å². The molecule has 1 atom stereocenters. The minimum atomic E-state index is -0.893. The zero-order chi connectivity index (χ0) is 12.8. The molecule has 0 aliphatic heterocycles. The van der Waals surface area contributed by atoms with Gasteiger partial charge < -0.3 is 5.11 Å². The van der Waals surface area contributed by atoms with Gasteiger partial charge in [-0.2, -0.15) is 0 Å². The van der Waals surface area contributed by atoms with Crippen LogP contribution in [0.2, 0.25) is 0 Å². The van der Waals surface area contributed by atoms with E-state index in [1.165, 1.54) is 0 Å². The molecule has 1 N–H and O–H groups in total. The summed E-state index contributed by atoms with van der Waals surface area (Å²) in [5.74, 6) is -1.59. The van der Waals surface area contributed by atoms with Gasteiger partial charge in [0.25, 0.3) is 0 Å². The van der Waals surface area contributed by atoms with Crippen LogP contribution in [0.15, 0.2) is 28.7 Å². The maximum atomic E-state index is 11.9. The molecule has 1 aromatic rings. The van der Waals surface area contributed by atoms with Crippen LogP contribution in [0.1, 0.15) is 36.5 Å². The van der Waals surface area contributed by atoms with Crippen molar-refractivity contribution in [3.63, 3.8) is 0 Å². The molecule has 1 aromatic carbocycles. The van der Waals surface area contributed by atoms with Gasteiger partial charge in [-0.05, 0) is 18.6 Å². The number of ketones is 1. The Morgan fingerprint density at radius 3 is 2.65 bits per heavy atom. The van der Waals surface area contributed by atoms with E-state index in [4.69, 9.17) is 5.11 Å². The Morgan fingerprint density at radius 2 is 2.12 bits per heavy atom. The van der Waals surface area contributed by atoms with Crippen LogP contribution in [-0.4, -0.2) is 16.9 Å². The first-order valence-corrected chi connectivity index (χ1v) is 6.35. The molecule has 1 rings (SSSR count). The molecule has 1 unspecified atom stereocenters. The van der Waals surface area contributed by atoms with Gasteiger partial charge in [-0.1, -0.05) is 41.4 Å². The Labute approximate surface area is 109 Å². The number of hydrogen-bond donors (Lipinski definition) is 1. The van der Waals surface area contributed by atoms with Gasteiger partial charge in [0.05, 0.1) is 5.92 Å². The first kappa shape index (κ1) is 13.9. The Kier molecular flexibility index (Phi) is 5.35. The lowest BCUT2D eigenvalue weighted by Crippen LogP contribution is -2.18. The maximum absolute atomic E-state index is 11.9. The molecule has 0 saturated heterocycles. The molecule has 0 aliphatic carbocycles. The second kappa shape index (κ2) is 6.55. The van der Waals surface area contributed by atoms with E-state index in [9.17, 15) is 9.59 Å². The highest BCUT2D eigenvalue weighted by Crippen LogP contribution is 2.18. The second-order valence-electron chi connectivity index (χ2n) is 3.96. The van der Waals surface area contributed by atoms with Crippen molar-refractivity contribution in [3.05, 3.63) is 34.3 Å². The summed E-state index contributed by atoms with van der Waals surface area (Å²) in [6.45, 7) is 1.92. The van der Waals surface area contributed by atoms with Crippen molar-refractivity contribution in [2.45, 2.75) is 26.2 Å². The molecule has 0 aliphatic rings. The number of carboxylic acid groups (broad SMARTS) is 1. The third-order valence-corrected chi connectivity index (χ3v) is 3.06. The molecule has 0 heterocycles. The third-order valence-electron chi connectivity index (χ3n) is 2.56. The number of Topliss-reactive ketones (excluding diaryl/α,β-unsaturated/α-hetero) is 1. The summed E-state index contributed by atoms with van der Waals surface area (Å²) in [6.07, 6.45) is 1.37. The number of carbonyl (C=O) groups excluding carboxylic acids is 1. The molecule has 92 valence electrons. The van der Waals surface area contributed by atoms with Crippen molar-refractivity contribution in [2.75, 3.05) is 0 Å². The molecule has 17 heavy (non-hydrogen) atoms. The van der Waals surface area contributed by atoms with Gasteiger partial charge in [-0.3, -0.25) is 9.59 Å². The van der Waals surface area contributed by atoms with E-state index in [2.05, 4.69) is 15.9 Å². The smallest absolute Gasteiger partial charge is 0.306 e. The molecule has 3 nitrogen and oxygen atoms in total. The van der Waals surface area contributed by atoms with E-state index < -0.39 is 11.9 Å². The van der Waals surface area contributed by atoms with Crippen molar-refractivity contribution in [1.29, 1.82) is 0 Å². The summed E-state index contributed by atoms with van der Waals surface area (Å²) >= 11 is 3.29. The first-order valence-electron chi connectivity index (χ1n) is 5.56. The SMILES string of the molecule is CCCC(CC(=O)c1cccc(Br)c1)C(=O)O. The van der Waals surface area contributed by atoms with Crippen molar-refractivity contribution in [3.8, 4) is 0 Å². The van der Waals surface area contributed by atoms with Crippen molar-refractivity contribution >= 4 is 27.7 Å². The molecule has 0 spiro atoms. The van der Waals surface area contributed by atoms with Gasteiger partial charge in [0.15, 0.2) is 5.78 Å². The Balaban J connectivity index is 2.73. The van der Waals surface area contributed by atoms with E-state index in [0.29, 0.717) is 12.0 Å². The Bertz CT molecular complexity index is 415. The van der Waals surface area contributed by atoms with Crippen LogP contribution in [0.3, 0.4) is 0 Å². The number of carbonyl (C=O) groups is 2. The van der Waals surface area contributed by atoms with Gasteiger partial charge in [0, 0.05) is 16.5 Å². The molecule has 4 heteroatoms. The maximum Gasteiger partial charge on any atom is 0.306 e. The fourth-order valence-corrected chi connectivity index (χ4v) is 2.06. The summed E-state index contributed by atoms with van der Waals surface area (Å²) < 4.78 is 0.825. The Morgan fingerprint density at radius 1 is 1.41 bits per heavy atom. The zero-order valence-electron chi connectivity index (χ0n) is 9.65. The lowest BCUT2D eigenvalue weighted by Gasteiger charge is -2.10. The monoisotopic (exact) mass is 298 g/mol. The van der Waals surface area contributed by atoms with Crippen LogP contribution < -0.4 is 0 Å². The van der Waals surface area contributed by atoms with Crippen LogP contribution in [0.5, 0.6) is 0 Å². The minimum Gasteiger partial charge on any atom is -0.481 e. The predicted molar refractivity (Wildman–Crippen MR) is 69.1 cm³/mol. The van der Waals surface area contributed by atoms with Gasteiger partial charge in [0.1, 0.15) is 0 Å². The second-order valence-corrected chi connectivity index (χ2v) is 4.88. The molecular formula is C13H15BrO3. The Hall–Kier alpha value is -1.16. The summed E-state index contributed by atoms with van der Waals surface area (Å²) in [6, 6.07) is 7.02. The van der Waals surface area contributed by atoms with Gasteiger partial charge in [-0.25, -0.2) is 0 Å². The van der Waals surface area contributed by atoms with Crippen LogP contribution in [0, 0.1) is 5.92 Å². The first-order chi connectivity index (χ1) is 8.04. The molecule has 0 radical (unpaired) electrons. The number of benzene rings is 1. The minimum absolute atomic E-state index is 0.0691. The lowest BCUT2D eigenvalue weighted by molar-refractivity contribution is -0.141. The third kappa shape index (κ3) is 4.30. The van der Waals surface area contributed by atoms with Gasteiger partial charge in [0.2, 0.25) is 0 Å². The highest BCUT2D eigenvalue weighted by Gasteiger charge is 2.20. The summed E-state index contributed by atoms with van der Waals surface area (Å²) in [5.41, 5.74) is 0.557. The molecular weight excluding hydrogens is 284 g/mol. The molecule has 0 aromatic heterocycles. The average molecular weight is 299 g/mol. The predicted octanol–water partition coefficient (Wildman–Crippen LogP) is 3.52. The van der Waals surface area contributed by atoms with E-state index >= 15 is 0 Å². The molecule has 0 bridgehead atoms. The van der Waals surface area contributed by atoms with Crippen molar-refractivity contribution in [2.24, 2.45) is 5.92 Å². The summed E-state index contributed by atoms with van der Waals surface area (Å²) in [4.78, 5) is 22.9. The zero-order valence-corrected chi connectivity index (χ0v) is 11.2. The largest absolute Gasteiger partial charge is 0.481 e. The number of halogens is 1. The number of rotatable bonds is 6. The van der Waals surface area contributed by atoms with Crippen molar-refractivity contribution < 1.29 is 14.7 Å². The van der Waals surface area contributed by atoms with E-state index in [1.54, 1.807) is 18.2 Å². The highest BCUT2D eigenvalue weighted by atomic mass is 79.9. The fraction of sp³-hybridized carbons (Fsp3) is 0.385. The van der Waals surface area contributed by atoms with E-state index in [1.807, 2.05) is 13.0 Å². The van der Waals surface area contributed by atoms with Crippen LogP contribution >= 0.6 is 15.9 Å². The number of aliphatic carboxylic acids is 1. The van der Waals surface area contributed by atoms with Gasteiger partial charge >= 0.3 is 5.97 Å². The van der Waals surface area contributed by atoms with Crippen molar-refractivity contribution in [1.82, 2.24) is 0 Å². The highest BCUT2D eigenvalue weighted by molar-refractivity contribution is 9.10. The number of hydrogen-bond acceptors (Lipinski definition) is 2. The fourth-order valence-electron chi connectivity index (χ4n) is 1.66. The lowest BCUT2D eigenvalue weighted by atomic mass is 9.94. The average Bonchev–Trinajstić information content (AvgIpc) is 2.28. The van der Waals surface area contributed by atoms with Gasteiger partial charge in [-0.15, -0.1) is 0 Å². The van der Waals surface area contributed by atoms with E-state index in [-0.39, 0.29) is 12.2 Å². The standard InChI is InChI=1S/C13H15BrO3/c1-2-4-10(13(16)17)8-12(15)9-5-3-6-11(14)7-9/h3,5-7,10H,2,4,8H2,1H3,(H,16,17). The quantitative estimate of drug-likeness (QED) is 0.818. The summed E-state index contributed by atoms with van der Waals surface area (Å²) in [7, 11) is 0. The van der Waals surface area contributed by atoms with E-state index in [0.717, 1.165) is 10.9 Å². The normalized spacial score (nSPS) is 12.1. The summed E-state index contributed by atoms with van der Waals surface area (Å²) in [5, 5.41) is 8.99.